The second-order valence-electron chi connectivity index (χ2n) is 14.1. The van der Waals surface area contributed by atoms with Crippen LogP contribution in [0.15, 0.2) is 205 Å². The second kappa shape index (κ2) is 13.1. The summed E-state index contributed by atoms with van der Waals surface area (Å²) in [7, 11) is 0. The molecular weight excluding hydrogens is 683 g/mol. The van der Waals surface area contributed by atoms with Crippen molar-refractivity contribution in [2.45, 2.75) is 0 Å². The van der Waals surface area contributed by atoms with Crippen LogP contribution >= 0.6 is 0 Å². The topological polar surface area (TPSA) is 43.9 Å². The third-order valence-electron chi connectivity index (χ3n) is 10.8. The number of hydrogen-bond acceptors (Lipinski definition) is 3. The van der Waals surface area contributed by atoms with Gasteiger partial charge in [-0.2, -0.15) is 0 Å². The fourth-order valence-corrected chi connectivity index (χ4v) is 8.32. The lowest BCUT2D eigenvalue weighted by Crippen LogP contribution is -1.96. The summed E-state index contributed by atoms with van der Waals surface area (Å²) in [5.41, 5.74) is 14.2. The molecule has 56 heavy (non-hydrogen) atoms. The van der Waals surface area contributed by atoms with Crippen molar-refractivity contribution in [3.63, 3.8) is 0 Å². The summed E-state index contributed by atoms with van der Waals surface area (Å²) in [4.78, 5) is 10.3. The van der Waals surface area contributed by atoms with Crippen LogP contribution < -0.4 is 0 Å². The molecule has 0 aliphatic heterocycles. The zero-order valence-electron chi connectivity index (χ0n) is 30.3. The van der Waals surface area contributed by atoms with Crippen molar-refractivity contribution in [3.8, 4) is 61.8 Å². The van der Waals surface area contributed by atoms with Crippen molar-refractivity contribution in [1.82, 2.24) is 14.5 Å². The van der Waals surface area contributed by atoms with E-state index in [4.69, 9.17) is 14.4 Å². The number of furan rings is 1. The normalized spacial score (nSPS) is 11.6. The minimum absolute atomic E-state index is 0.622. The molecule has 11 rings (SSSR count). The number of hydrogen-bond donors (Lipinski definition) is 0. The van der Waals surface area contributed by atoms with E-state index in [1.54, 1.807) is 0 Å². The van der Waals surface area contributed by atoms with E-state index in [9.17, 15) is 0 Å². The van der Waals surface area contributed by atoms with Crippen LogP contribution in [0.2, 0.25) is 0 Å². The molecule has 0 aliphatic carbocycles. The van der Waals surface area contributed by atoms with Crippen LogP contribution in [0.5, 0.6) is 0 Å². The molecule has 0 unspecified atom stereocenters. The molecule has 3 aromatic heterocycles. The summed E-state index contributed by atoms with van der Waals surface area (Å²) in [6.45, 7) is 0. The summed E-state index contributed by atoms with van der Waals surface area (Å²) >= 11 is 0. The van der Waals surface area contributed by atoms with E-state index in [0.29, 0.717) is 5.82 Å². The molecule has 0 spiro atoms. The van der Waals surface area contributed by atoms with Crippen molar-refractivity contribution < 1.29 is 4.42 Å². The van der Waals surface area contributed by atoms with Gasteiger partial charge in [0, 0.05) is 49.5 Å². The lowest BCUT2D eigenvalue weighted by Gasteiger charge is -2.15. The maximum atomic E-state index is 7.05. The highest BCUT2D eigenvalue weighted by Crippen LogP contribution is 2.45. The summed E-state index contributed by atoms with van der Waals surface area (Å²) in [6.07, 6.45) is 0. The summed E-state index contributed by atoms with van der Waals surface area (Å²) in [5.74, 6) is 0.622. The first-order chi connectivity index (χ1) is 27.8. The predicted octanol–water partition coefficient (Wildman–Crippen LogP) is 13.8. The van der Waals surface area contributed by atoms with Crippen molar-refractivity contribution >= 4 is 43.7 Å². The number of fused-ring (bicyclic) bond motifs is 6. The highest BCUT2D eigenvalue weighted by molar-refractivity contribution is 6.17. The Bertz CT molecular complexity index is 3180. The molecule has 0 bridgehead atoms. The Balaban J connectivity index is 1.13. The molecule has 4 heteroatoms. The zero-order chi connectivity index (χ0) is 37.0. The number of nitrogens with zero attached hydrogens (tertiary/aromatic N) is 3. The van der Waals surface area contributed by atoms with E-state index in [2.05, 4.69) is 168 Å². The minimum Gasteiger partial charge on any atom is -0.455 e. The fraction of sp³-hybridized carbons (Fsp3) is 0. The van der Waals surface area contributed by atoms with E-state index >= 15 is 0 Å². The van der Waals surface area contributed by atoms with Crippen LogP contribution in [-0.4, -0.2) is 14.5 Å². The Hall–Kier alpha value is -7.56. The Kier molecular flexibility index (Phi) is 7.46. The lowest BCUT2D eigenvalue weighted by molar-refractivity contribution is 0.670. The molecule has 3 heterocycles. The highest BCUT2D eigenvalue weighted by atomic mass is 16.3. The minimum atomic E-state index is 0.622. The van der Waals surface area contributed by atoms with Crippen molar-refractivity contribution in [2.24, 2.45) is 0 Å². The monoisotopic (exact) mass is 715 g/mol. The van der Waals surface area contributed by atoms with E-state index in [-0.39, 0.29) is 0 Å². The molecule has 0 atom stereocenters. The molecular formula is C52H33N3O. The van der Waals surface area contributed by atoms with Crippen LogP contribution in [0.3, 0.4) is 0 Å². The van der Waals surface area contributed by atoms with Gasteiger partial charge in [-0.1, -0.05) is 170 Å². The second-order valence-corrected chi connectivity index (χ2v) is 14.1. The Labute approximate surface area is 323 Å². The fourth-order valence-electron chi connectivity index (χ4n) is 8.32. The maximum absolute atomic E-state index is 7.05. The Morgan fingerprint density at radius 2 is 0.821 bits per heavy atom. The van der Waals surface area contributed by atoms with Crippen LogP contribution in [0, 0.1) is 0 Å². The van der Waals surface area contributed by atoms with Crippen LogP contribution in [0.1, 0.15) is 0 Å². The molecule has 0 fully saturated rings. The van der Waals surface area contributed by atoms with Crippen molar-refractivity contribution in [1.29, 1.82) is 0 Å². The molecule has 8 aromatic carbocycles. The van der Waals surface area contributed by atoms with Crippen LogP contribution in [0.25, 0.3) is 106 Å². The molecule has 262 valence electrons. The molecule has 0 radical (unpaired) electrons. The molecule has 0 saturated heterocycles. The van der Waals surface area contributed by atoms with Crippen molar-refractivity contribution in [2.75, 3.05) is 0 Å². The van der Waals surface area contributed by atoms with E-state index in [1.165, 1.54) is 21.8 Å². The van der Waals surface area contributed by atoms with Crippen LogP contribution in [-0.2, 0) is 0 Å². The quantitative estimate of drug-likeness (QED) is 0.172. The third-order valence-corrected chi connectivity index (χ3v) is 10.8. The van der Waals surface area contributed by atoms with E-state index in [1.807, 2.05) is 36.4 Å². The number of benzene rings is 8. The molecule has 0 aliphatic rings. The van der Waals surface area contributed by atoms with Gasteiger partial charge in [-0.05, 0) is 41.5 Å². The average Bonchev–Trinajstić information content (AvgIpc) is 3.84. The molecule has 11 aromatic rings. The smallest absolute Gasteiger partial charge is 0.164 e. The Morgan fingerprint density at radius 3 is 1.48 bits per heavy atom. The van der Waals surface area contributed by atoms with Gasteiger partial charge >= 0.3 is 0 Å². The summed E-state index contributed by atoms with van der Waals surface area (Å²) in [5, 5.41) is 4.52. The van der Waals surface area contributed by atoms with Crippen LogP contribution in [0.4, 0.5) is 0 Å². The maximum Gasteiger partial charge on any atom is 0.164 e. The van der Waals surface area contributed by atoms with Gasteiger partial charge < -0.3 is 8.98 Å². The van der Waals surface area contributed by atoms with Gasteiger partial charge in [0.1, 0.15) is 11.2 Å². The summed E-state index contributed by atoms with van der Waals surface area (Å²) in [6, 6.07) is 70.1. The van der Waals surface area contributed by atoms with Gasteiger partial charge in [0.2, 0.25) is 0 Å². The largest absolute Gasteiger partial charge is 0.455 e. The Morgan fingerprint density at radius 1 is 0.357 bits per heavy atom. The number of aromatic nitrogens is 3. The number of rotatable bonds is 6. The molecule has 0 amide bonds. The highest BCUT2D eigenvalue weighted by Gasteiger charge is 2.22. The summed E-state index contributed by atoms with van der Waals surface area (Å²) < 4.78 is 9.45. The van der Waals surface area contributed by atoms with Gasteiger partial charge in [0.25, 0.3) is 0 Å². The standard InChI is InChI=1S/C52H33N3O/c1-4-17-34(18-5-1)46-33-47(35-19-6-2-7-20-35)54-52(53-46)45-31-16-30-44-43-29-15-28-42(50(43)56-51(44)45)38-24-11-10-23-37(38)40-26-14-27-41-39-25-12-13-32-48(39)55(49(40)41)36-21-8-3-9-22-36/h1-33H. The van der Waals surface area contributed by atoms with Gasteiger partial charge in [-0.3, -0.25) is 0 Å². The zero-order valence-corrected chi connectivity index (χ0v) is 30.3. The first-order valence-corrected chi connectivity index (χ1v) is 18.9. The van der Waals surface area contributed by atoms with E-state index in [0.717, 1.165) is 78.0 Å². The SMILES string of the molecule is c1ccc(-c2cc(-c3ccccc3)nc(-c3cccc4c3oc3c(-c5ccccc5-c5cccc6c7ccccc7n(-c7ccccc7)c56)cccc34)n2)cc1. The predicted molar refractivity (Wildman–Crippen MR) is 231 cm³/mol. The molecule has 0 saturated carbocycles. The van der Waals surface area contributed by atoms with Gasteiger partial charge in [0.15, 0.2) is 5.82 Å². The van der Waals surface area contributed by atoms with E-state index < -0.39 is 0 Å². The third kappa shape index (κ3) is 5.15. The molecule has 0 N–H and O–H groups in total. The lowest BCUT2D eigenvalue weighted by atomic mass is 9.92. The number of para-hydroxylation sites is 5. The first-order valence-electron chi connectivity index (χ1n) is 18.9. The first kappa shape index (κ1) is 31.9. The van der Waals surface area contributed by atoms with Gasteiger partial charge in [-0.15, -0.1) is 0 Å². The van der Waals surface area contributed by atoms with Gasteiger partial charge in [-0.25, -0.2) is 9.97 Å². The molecule has 4 nitrogen and oxygen atoms in total. The van der Waals surface area contributed by atoms with Crippen molar-refractivity contribution in [3.05, 3.63) is 200 Å². The average molecular weight is 716 g/mol. The van der Waals surface area contributed by atoms with Gasteiger partial charge in [0.05, 0.1) is 28.0 Å².